The number of nitrogens with one attached hydrogen (secondary N) is 1. The predicted molar refractivity (Wildman–Crippen MR) is 103 cm³/mol. The van der Waals surface area contributed by atoms with Crippen molar-refractivity contribution in [3.63, 3.8) is 0 Å². The van der Waals surface area contributed by atoms with Crippen LogP contribution in [0.5, 0.6) is 11.8 Å². The molecular formula is C19H14FN5O2S. The predicted octanol–water partition coefficient (Wildman–Crippen LogP) is 4.12. The molecule has 0 aliphatic rings. The summed E-state index contributed by atoms with van der Waals surface area (Å²) in [5.74, 6) is -0.833. The van der Waals surface area contributed by atoms with E-state index in [1.807, 2.05) is 17.5 Å². The van der Waals surface area contributed by atoms with Crippen LogP contribution in [0.15, 0.2) is 60.2 Å². The normalized spacial score (nSPS) is 10.6. The zero-order chi connectivity index (χ0) is 19.5. The van der Waals surface area contributed by atoms with Gasteiger partial charge in [-0.3, -0.25) is 9.48 Å². The molecule has 0 radical (unpaired) electrons. The van der Waals surface area contributed by atoms with Gasteiger partial charge in [0.25, 0.3) is 5.91 Å². The molecule has 0 aliphatic carbocycles. The Kier molecular flexibility index (Phi) is 4.81. The molecule has 1 amide bonds. The quantitative estimate of drug-likeness (QED) is 0.550. The van der Waals surface area contributed by atoms with E-state index in [0.717, 1.165) is 10.6 Å². The molecular weight excluding hydrogens is 381 g/mol. The number of hydrogen-bond acceptors (Lipinski definition) is 6. The molecule has 9 heteroatoms. The van der Waals surface area contributed by atoms with Gasteiger partial charge in [0.2, 0.25) is 0 Å². The van der Waals surface area contributed by atoms with Gasteiger partial charge >= 0.3 is 6.01 Å². The largest absolute Gasteiger partial charge is 0.421 e. The van der Waals surface area contributed by atoms with Gasteiger partial charge in [-0.05, 0) is 29.6 Å². The van der Waals surface area contributed by atoms with E-state index >= 15 is 0 Å². The van der Waals surface area contributed by atoms with Crippen LogP contribution in [0.3, 0.4) is 0 Å². The number of anilines is 1. The molecule has 0 fully saturated rings. The summed E-state index contributed by atoms with van der Waals surface area (Å²) in [7, 11) is 1.70. The molecule has 3 aromatic heterocycles. The van der Waals surface area contributed by atoms with Gasteiger partial charge < -0.3 is 10.1 Å². The van der Waals surface area contributed by atoms with Gasteiger partial charge in [-0.2, -0.15) is 5.10 Å². The number of hydrogen-bond donors (Lipinski definition) is 1. The van der Waals surface area contributed by atoms with Crippen molar-refractivity contribution in [2.75, 3.05) is 5.32 Å². The van der Waals surface area contributed by atoms with E-state index in [2.05, 4.69) is 20.4 Å². The summed E-state index contributed by atoms with van der Waals surface area (Å²) in [6, 6.07) is 11.5. The molecule has 1 aromatic carbocycles. The lowest BCUT2D eigenvalue weighted by atomic mass is 10.3. The minimum absolute atomic E-state index is 0.0234. The Hall–Kier alpha value is -3.59. The Balaban J connectivity index is 1.46. The Bertz CT molecular complexity index is 1110. The smallest absolute Gasteiger partial charge is 0.322 e. The molecule has 140 valence electrons. The number of aromatic nitrogens is 4. The van der Waals surface area contributed by atoms with E-state index in [0.29, 0.717) is 11.4 Å². The highest BCUT2D eigenvalue weighted by atomic mass is 32.1. The van der Waals surface area contributed by atoms with Gasteiger partial charge in [0.05, 0.1) is 23.0 Å². The molecule has 0 spiro atoms. The topological polar surface area (TPSA) is 81.9 Å². The molecule has 0 aliphatic heterocycles. The summed E-state index contributed by atoms with van der Waals surface area (Å²) in [4.78, 5) is 21.5. The average molecular weight is 395 g/mol. The second-order valence-corrected chi connectivity index (χ2v) is 6.70. The van der Waals surface area contributed by atoms with Crippen LogP contribution in [0, 0.1) is 5.82 Å². The van der Waals surface area contributed by atoms with Crippen molar-refractivity contribution >= 4 is 22.9 Å². The lowest BCUT2D eigenvalue weighted by Gasteiger charge is -2.07. The molecule has 7 nitrogen and oxygen atoms in total. The molecule has 4 aromatic rings. The highest BCUT2D eigenvalue weighted by Gasteiger charge is 2.15. The first-order valence-corrected chi connectivity index (χ1v) is 9.12. The SMILES string of the molecule is Cn1nc(-c2cccs2)cc1C(=O)Nc1cnc(Oc2ccccc2F)nc1. The van der Waals surface area contributed by atoms with Gasteiger partial charge in [-0.25, -0.2) is 14.4 Å². The summed E-state index contributed by atoms with van der Waals surface area (Å²) >= 11 is 1.55. The van der Waals surface area contributed by atoms with Crippen LogP contribution in [0.4, 0.5) is 10.1 Å². The zero-order valence-electron chi connectivity index (χ0n) is 14.7. The number of ether oxygens (including phenoxy) is 1. The first-order chi connectivity index (χ1) is 13.6. The minimum Gasteiger partial charge on any atom is -0.421 e. The van der Waals surface area contributed by atoms with Gasteiger partial charge in [-0.1, -0.05) is 18.2 Å². The molecule has 4 rings (SSSR count). The van der Waals surface area contributed by atoms with Crippen molar-refractivity contribution in [1.29, 1.82) is 0 Å². The molecule has 0 saturated heterocycles. The average Bonchev–Trinajstić information content (AvgIpc) is 3.35. The Labute approximate surface area is 163 Å². The zero-order valence-corrected chi connectivity index (χ0v) is 15.5. The standard InChI is InChI=1S/C19H14FN5O2S/c1-25-15(9-14(24-25)17-7-4-8-28-17)18(26)23-12-10-21-19(22-11-12)27-16-6-3-2-5-13(16)20/h2-11H,1H3,(H,23,26). The van der Waals surface area contributed by atoms with Gasteiger partial charge in [0, 0.05) is 7.05 Å². The van der Waals surface area contributed by atoms with Crippen LogP contribution in [0.25, 0.3) is 10.6 Å². The van der Waals surface area contributed by atoms with Crippen LogP contribution < -0.4 is 10.1 Å². The van der Waals surface area contributed by atoms with Crippen LogP contribution in [0.2, 0.25) is 0 Å². The van der Waals surface area contributed by atoms with Crippen molar-refractivity contribution in [2.24, 2.45) is 7.05 Å². The van der Waals surface area contributed by atoms with Crippen LogP contribution in [0.1, 0.15) is 10.5 Å². The number of rotatable bonds is 5. The number of carbonyl (C=O) groups is 1. The number of benzene rings is 1. The van der Waals surface area contributed by atoms with Crippen molar-refractivity contribution in [3.8, 4) is 22.3 Å². The van der Waals surface area contributed by atoms with Crippen LogP contribution in [-0.2, 0) is 7.05 Å². The Morgan fingerprint density at radius 2 is 1.96 bits per heavy atom. The molecule has 0 bridgehead atoms. The second-order valence-electron chi connectivity index (χ2n) is 5.76. The highest BCUT2D eigenvalue weighted by Crippen LogP contribution is 2.24. The lowest BCUT2D eigenvalue weighted by Crippen LogP contribution is -2.16. The van der Waals surface area contributed by atoms with E-state index < -0.39 is 5.82 Å². The Morgan fingerprint density at radius 3 is 2.68 bits per heavy atom. The molecule has 0 unspecified atom stereocenters. The minimum atomic E-state index is -0.513. The highest BCUT2D eigenvalue weighted by molar-refractivity contribution is 7.13. The maximum absolute atomic E-state index is 13.6. The van der Waals surface area contributed by atoms with E-state index in [4.69, 9.17) is 4.74 Å². The summed E-state index contributed by atoms with van der Waals surface area (Å²) in [5.41, 5.74) is 1.51. The van der Waals surface area contributed by atoms with Crippen molar-refractivity contribution in [3.05, 3.63) is 71.7 Å². The molecule has 1 N–H and O–H groups in total. The van der Waals surface area contributed by atoms with Gasteiger partial charge in [0.1, 0.15) is 11.4 Å². The fourth-order valence-corrected chi connectivity index (χ4v) is 3.16. The van der Waals surface area contributed by atoms with Crippen molar-refractivity contribution in [1.82, 2.24) is 19.7 Å². The first kappa shape index (κ1) is 17.8. The monoisotopic (exact) mass is 395 g/mol. The molecule has 0 saturated carbocycles. The number of nitrogens with zero attached hydrogens (tertiary/aromatic N) is 4. The lowest BCUT2D eigenvalue weighted by molar-refractivity contribution is 0.101. The number of halogens is 1. The summed E-state index contributed by atoms with van der Waals surface area (Å²) in [6.45, 7) is 0. The number of para-hydroxylation sites is 1. The van der Waals surface area contributed by atoms with E-state index in [-0.39, 0.29) is 17.7 Å². The van der Waals surface area contributed by atoms with E-state index in [1.165, 1.54) is 29.2 Å². The third-order valence-corrected chi connectivity index (χ3v) is 4.70. The van der Waals surface area contributed by atoms with Crippen LogP contribution in [-0.4, -0.2) is 25.7 Å². The third-order valence-electron chi connectivity index (χ3n) is 3.81. The van der Waals surface area contributed by atoms with Gasteiger partial charge in [0.15, 0.2) is 11.6 Å². The second kappa shape index (κ2) is 7.57. The third kappa shape index (κ3) is 3.74. The number of carbonyl (C=O) groups excluding carboxylic acids is 1. The maximum atomic E-state index is 13.6. The summed E-state index contributed by atoms with van der Waals surface area (Å²) in [6.07, 6.45) is 2.77. The first-order valence-electron chi connectivity index (χ1n) is 8.24. The van der Waals surface area contributed by atoms with E-state index in [9.17, 15) is 9.18 Å². The van der Waals surface area contributed by atoms with Crippen molar-refractivity contribution < 1.29 is 13.9 Å². The molecule has 3 heterocycles. The number of thiophene rings is 1. The number of amides is 1. The summed E-state index contributed by atoms with van der Waals surface area (Å²) < 4.78 is 20.4. The molecule has 28 heavy (non-hydrogen) atoms. The number of aryl methyl sites for hydroxylation is 1. The maximum Gasteiger partial charge on any atom is 0.322 e. The summed E-state index contributed by atoms with van der Waals surface area (Å²) in [5, 5.41) is 9.02. The fraction of sp³-hybridized carbons (Fsp3) is 0.0526. The van der Waals surface area contributed by atoms with E-state index in [1.54, 1.807) is 36.6 Å². The van der Waals surface area contributed by atoms with Gasteiger partial charge in [-0.15, -0.1) is 11.3 Å². The Morgan fingerprint density at radius 1 is 1.18 bits per heavy atom. The fourth-order valence-electron chi connectivity index (χ4n) is 2.48. The van der Waals surface area contributed by atoms with Crippen LogP contribution >= 0.6 is 11.3 Å². The molecule has 0 atom stereocenters. The van der Waals surface area contributed by atoms with Crippen molar-refractivity contribution in [2.45, 2.75) is 0 Å².